The standard InChI is InChI=1S/C11H15NO/c1-11(2)8-13-10-6-4-3-5-9(10)7-12-11/h3-6,12H,7-8H2,1-2H3. The minimum Gasteiger partial charge on any atom is -0.491 e. The van der Waals surface area contributed by atoms with Gasteiger partial charge in [0, 0.05) is 17.6 Å². The van der Waals surface area contributed by atoms with E-state index in [0.29, 0.717) is 0 Å². The molecule has 2 rings (SSSR count). The molecule has 1 aliphatic heterocycles. The summed E-state index contributed by atoms with van der Waals surface area (Å²) in [6.07, 6.45) is 0. The average Bonchev–Trinajstić information content (AvgIpc) is 2.27. The Labute approximate surface area is 78.9 Å². The Balaban J connectivity index is 2.27. The summed E-state index contributed by atoms with van der Waals surface area (Å²) in [6, 6.07) is 8.18. The highest BCUT2D eigenvalue weighted by Crippen LogP contribution is 2.22. The molecular weight excluding hydrogens is 162 g/mol. The van der Waals surface area contributed by atoms with Crippen LogP contribution in [0.2, 0.25) is 0 Å². The van der Waals surface area contributed by atoms with Gasteiger partial charge in [-0.25, -0.2) is 0 Å². The topological polar surface area (TPSA) is 21.3 Å². The van der Waals surface area contributed by atoms with Crippen LogP contribution in [0.25, 0.3) is 0 Å². The fraction of sp³-hybridized carbons (Fsp3) is 0.455. The molecule has 1 heterocycles. The zero-order valence-corrected chi connectivity index (χ0v) is 8.13. The third-order valence-electron chi connectivity index (χ3n) is 2.32. The van der Waals surface area contributed by atoms with Gasteiger partial charge in [0.25, 0.3) is 0 Å². The molecule has 0 saturated carbocycles. The van der Waals surface area contributed by atoms with Crippen molar-refractivity contribution in [2.24, 2.45) is 0 Å². The number of benzene rings is 1. The molecular formula is C11H15NO. The fourth-order valence-electron chi connectivity index (χ4n) is 1.43. The zero-order valence-electron chi connectivity index (χ0n) is 8.13. The highest BCUT2D eigenvalue weighted by molar-refractivity contribution is 5.34. The Morgan fingerprint density at radius 1 is 1.31 bits per heavy atom. The number of rotatable bonds is 0. The van der Waals surface area contributed by atoms with Gasteiger partial charge >= 0.3 is 0 Å². The number of ether oxygens (including phenoxy) is 1. The summed E-state index contributed by atoms with van der Waals surface area (Å²) < 4.78 is 5.70. The van der Waals surface area contributed by atoms with Crippen molar-refractivity contribution in [1.29, 1.82) is 0 Å². The number of para-hydroxylation sites is 1. The lowest BCUT2D eigenvalue weighted by Gasteiger charge is -2.22. The second-order valence-electron chi connectivity index (χ2n) is 4.13. The Bertz CT molecular complexity index is 278. The van der Waals surface area contributed by atoms with Gasteiger partial charge in [-0.3, -0.25) is 0 Å². The van der Waals surface area contributed by atoms with Crippen LogP contribution in [0.15, 0.2) is 24.3 Å². The molecule has 0 aliphatic carbocycles. The summed E-state index contributed by atoms with van der Waals surface area (Å²) in [6.45, 7) is 5.92. The summed E-state index contributed by atoms with van der Waals surface area (Å²) in [7, 11) is 0. The van der Waals surface area contributed by atoms with Gasteiger partial charge in [-0.05, 0) is 19.9 Å². The smallest absolute Gasteiger partial charge is 0.123 e. The monoisotopic (exact) mass is 177 g/mol. The van der Waals surface area contributed by atoms with Gasteiger partial charge in [0.1, 0.15) is 12.4 Å². The Kier molecular flexibility index (Phi) is 2.00. The third kappa shape index (κ3) is 1.83. The Morgan fingerprint density at radius 2 is 2.08 bits per heavy atom. The van der Waals surface area contributed by atoms with E-state index in [9.17, 15) is 0 Å². The maximum absolute atomic E-state index is 5.70. The summed E-state index contributed by atoms with van der Waals surface area (Å²) in [5.41, 5.74) is 1.31. The third-order valence-corrected chi connectivity index (χ3v) is 2.32. The molecule has 1 aliphatic rings. The predicted octanol–water partition coefficient (Wildman–Crippen LogP) is 1.95. The molecule has 0 radical (unpaired) electrons. The van der Waals surface area contributed by atoms with Gasteiger partial charge in [-0.1, -0.05) is 18.2 Å². The van der Waals surface area contributed by atoms with E-state index in [1.54, 1.807) is 0 Å². The van der Waals surface area contributed by atoms with E-state index in [4.69, 9.17) is 4.74 Å². The van der Waals surface area contributed by atoms with Crippen LogP contribution in [0.5, 0.6) is 5.75 Å². The Hall–Kier alpha value is -1.02. The normalized spacial score (nSPS) is 19.8. The van der Waals surface area contributed by atoms with E-state index >= 15 is 0 Å². The molecule has 13 heavy (non-hydrogen) atoms. The van der Waals surface area contributed by atoms with E-state index < -0.39 is 0 Å². The summed E-state index contributed by atoms with van der Waals surface area (Å²) in [4.78, 5) is 0. The van der Waals surface area contributed by atoms with Gasteiger partial charge in [0.15, 0.2) is 0 Å². The molecule has 70 valence electrons. The van der Waals surface area contributed by atoms with Crippen LogP contribution in [0, 0.1) is 0 Å². The second-order valence-corrected chi connectivity index (χ2v) is 4.13. The second kappa shape index (κ2) is 3.04. The van der Waals surface area contributed by atoms with Gasteiger partial charge < -0.3 is 10.1 Å². The van der Waals surface area contributed by atoms with Crippen LogP contribution >= 0.6 is 0 Å². The quantitative estimate of drug-likeness (QED) is 0.654. The number of fused-ring (bicyclic) bond motifs is 1. The average molecular weight is 177 g/mol. The van der Waals surface area contributed by atoms with E-state index in [-0.39, 0.29) is 5.54 Å². The number of hydrogen-bond donors (Lipinski definition) is 1. The molecule has 0 amide bonds. The van der Waals surface area contributed by atoms with Gasteiger partial charge in [0.05, 0.1) is 0 Å². The van der Waals surface area contributed by atoms with E-state index in [0.717, 1.165) is 18.9 Å². The fourth-order valence-corrected chi connectivity index (χ4v) is 1.43. The van der Waals surface area contributed by atoms with Gasteiger partial charge in [-0.2, -0.15) is 0 Å². The van der Waals surface area contributed by atoms with Crippen molar-refractivity contribution in [2.75, 3.05) is 6.61 Å². The molecule has 1 N–H and O–H groups in total. The van der Waals surface area contributed by atoms with E-state index in [2.05, 4.69) is 25.2 Å². The molecule has 0 unspecified atom stereocenters. The number of hydrogen-bond acceptors (Lipinski definition) is 2. The van der Waals surface area contributed by atoms with Crippen molar-refractivity contribution in [3.8, 4) is 5.75 Å². The molecule has 2 heteroatoms. The maximum Gasteiger partial charge on any atom is 0.123 e. The highest BCUT2D eigenvalue weighted by atomic mass is 16.5. The number of nitrogens with one attached hydrogen (secondary N) is 1. The van der Waals surface area contributed by atoms with Crippen molar-refractivity contribution in [3.05, 3.63) is 29.8 Å². The first-order valence-electron chi connectivity index (χ1n) is 4.63. The highest BCUT2D eigenvalue weighted by Gasteiger charge is 2.22. The van der Waals surface area contributed by atoms with Crippen molar-refractivity contribution >= 4 is 0 Å². The summed E-state index contributed by atoms with van der Waals surface area (Å²) in [5, 5.41) is 3.45. The minimum absolute atomic E-state index is 0.0685. The lowest BCUT2D eigenvalue weighted by molar-refractivity contribution is 0.222. The molecule has 0 fully saturated rings. The maximum atomic E-state index is 5.70. The molecule has 0 spiro atoms. The molecule has 1 aromatic carbocycles. The SMILES string of the molecule is CC1(C)COc2ccccc2CN1. The first-order valence-corrected chi connectivity index (χ1v) is 4.63. The van der Waals surface area contributed by atoms with Crippen molar-refractivity contribution in [2.45, 2.75) is 25.9 Å². The molecule has 0 bridgehead atoms. The largest absolute Gasteiger partial charge is 0.491 e. The van der Waals surface area contributed by atoms with Crippen molar-refractivity contribution < 1.29 is 4.74 Å². The van der Waals surface area contributed by atoms with Crippen LogP contribution < -0.4 is 10.1 Å². The van der Waals surface area contributed by atoms with Crippen LogP contribution in [0.1, 0.15) is 19.4 Å². The lowest BCUT2D eigenvalue weighted by Crippen LogP contribution is -2.42. The molecule has 0 aromatic heterocycles. The molecule has 0 saturated heterocycles. The Morgan fingerprint density at radius 3 is 2.92 bits per heavy atom. The minimum atomic E-state index is 0.0685. The zero-order chi connectivity index (χ0) is 9.31. The summed E-state index contributed by atoms with van der Waals surface area (Å²) in [5.74, 6) is 1.01. The van der Waals surface area contributed by atoms with Gasteiger partial charge in [-0.15, -0.1) is 0 Å². The van der Waals surface area contributed by atoms with Crippen LogP contribution in [-0.4, -0.2) is 12.1 Å². The van der Waals surface area contributed by atoms with Crippen LogP contribution in [0.4, 0.5) is 0 Å². The first-order chi connectivity index (χ1) is 6.17. The lowest BCUT2D eigenvalue weighted by atomic mass is 10.1. The van der Waals surface area contributed by atoms with Crippen molar-refractivity contribution in [3.63, 3.8) is 0 Å². The van der Waals surface area contributed by atoms with E-state index in [1.165, 1.54) is 5.56 Å². The van der Waals surface area contributed by atoms with Crippen LogP contribution in [0.3, 0.4) is 0 Å². The summed E-state index contributed by atoms with van der Waals surface area (Å²) >= 11 is 0. The molecule has 1 aromatic rings. The van der Waals surface area contributed by atoms with Gasteiger partial charge in [0.2, 0.25) is 0 Å². The first kappa shape index (κ1) is 8.57. The van der Waals surface area contributed by atoms with E-state index in [1.807, 2.05) is 18.2 Å². The predicted molar refractivity (Wildman–Crippen MR) is 52.9 cm³/mol. The molecule has 2 nitrogen and oxygen atoms in total. The molecule has 0 atom stereocenters. The van der Waals surface area contributed by atoms with Crippen LogP contribution in [-0.2, 0) is 6.54 Å². The van der Waals surface area contributed by atoms with Crippen molar-refractivity contribution in [1.82, 2.24) is 5.32 Å².